The molecule has 0 aliphatic heterocycles. The second-order valence-electron chi connectivity index (χ2n) is 5.15. The molecular weight excluding hydrogens is 332 g/mol. The summed E-state index contributed by atoms with van der Waals surface area (Å²) in [5, 5.41) is 8.10. The van der Waals surface area contributed by atoms with Gasteiger partial charge in [-0.05, 0) is 53.4 Å². The van der Waals surface area contributed by atoms with E-state index >= 15 is 0 Å². The van der Waals surface area contributed by atoms with E-state index in [4.69, 9.17) is 10.5 Å². The van der Waals surface area contributed by atoms with Crippen LogP contribution < -0.4 is 10.5 Å². The van der Waals surface area contributed by atoms with Crippen molar-refractivity contribution in [1.82, 2.24) is 14.8 Å². The first-order valence-electron chi connectivity index (χ1n) is 7.03. The molecule has 0 bridgehead atoms. The fourth-order valence-electron chi connectivity index (χ4n) is 1.95. The summed E-state index contributed by atoms with van der Waals surface area (Å²) in [7, 11) is 1.93. The van der Waals surface area contributed by atoms with Crippen LogP contribution in [0.3, 0.4) is 0 Å². The Morgan fingerprint density at radius 1 is 1.38 bits per heavy atom. The Balaban J connectivity index is 2.02. The minimum atomic E-state index is 0.199. The Morgan fingerprint density at radius 3 is 2.71 bits per heavy atom. The Labute approximate surface area is 133 Å². The molecule has 2 aromatic rings. The van der Waals surface area contributed by atoms with Crippen LogP contribution in [0.5, 0.6) is 5.75 Å². The molecule has 0 fully saturated rings. The van der Waals surface area contributed by atoms with Crippen LogP contribution in [0.1, 0.15) is 30.6 Å². The average molecular weight is 353 g/mol. The van der Waals surface area contributed by atoms with E-state index in [9.17, 15) is 0 Å². The van der Waals surface area contributed by atoms with Gasteiger partial charge in [0.25, 0.3) is 0 Å². The van der Waals surface area contributed by atoms with Crippen LogP contribution in [-0.4, -0.2) is 20.8 Å². The lowest BCUT2D eigenvalue weighted by Crippen LogP contribution is -2.21. The molecule has 1 unspecified atom stereocenters. The van der Waals surface area contributed by atoms with Gasteiger partial charge < -0.3 is 15.0 Å². The van der Waals surface area contributed by atoms with Gasteiger partial charge in [-0.25, -0.2) is 0 Å². The van der Waals surface area contributed by atoms with Crippen LogP contribution >= 0.6 is 15.9 Å². The van der Waals surface area contributed by atoms with Crippen molar-refractivity contribution >= 4 is 15.9 Å². The zero-order valence-corrected chi connectivity index (χ0v) is 14.2. The molecule has 5 nitrogen and oxygen atoms in total. The predicted molar refractivity (Wildman–Crippen MR) is 86.2 cm³/mol. The Kier molecular flexibility index (Phi) is 5.36. The third-order valence-corrected chi connectivity index (χ3v) is 4.18. The molecule has 0 aliphatic carbocycles. The fourth-order valence-corrected chi connectivity index (χ4v) is 2.50. The number of halogens is 1. The highest BCUT2D eigenvalue weighted by atomic mass is 79.9. The number of hydrogen-bond donors (Lipinski definition) is 1. The van der Waals surface area contributed by atoms with Crippen molar-refractivity contribution in [3.05, 3.63) is 39.9 Å². The van der Waals surface area contributed by atoms with Gasteiger partial charge in [-0.3, -0.25) is 0 Å². The first kappa shape index (κ1) is 16.0. The molecule has 114 valence electrons. The summed E-state index contributed by atoms with van der Waals surface area (Å²) in [4.78, 5) is 0. The van der Waals surface area contributed by atoms with Gasteiger partial charge in [-0.2, -0.15) is 0 Å². The van der Waals surface area contributed by atoms with Crippen LogP contribution in [0.4, 0.5) is 0 Å². The van der Waals surface area contributed by atoms with Crippen molar-refractivity contribution < 1.29 is 4.74 Å². The number of aryl methyl sites for hydroxylation is 1. The van der Waals surface area contributed by atoms with Gasteiger partial charge in [0.2, 0.25) is 0 Å². The van der Waals surface area contributed by atoms with Crippen molar-refractivity contribution in [2.24, 2.45) is 12.8 Å². The molecule has 1 aromatic carbocycles. The number of ether oxygens (including phenoxy) is 1. The summed E-state index contributed by atoms with van der Waals surface area (Å²) in [5.74, 6) is 2.47. The van der Waals surface area contributed by atoms with E-state index in [1.165, 1.54) is 5.56 Å². The maximum absolute atomic E-state index is 5.98. The second kappa shape index (κ2) is 7.04. The van der Waals surface area contributed by atoms with Gasteiger partial charge in [0, 0.05) is 13.1 Å². The molecule has 0 amide bonds. The van der Waals surface area contributed by atoms with Crippen LogP contribution in [0.15, 0.2) is 22.7 Å². The van der Waals surface area contributed by atoms with E-state index in [2.05, 4.69) is 45.2 Å². The first-order valence-corrected chi connectivity index (χ1v) is 7.82. The zero-order chi connectivity index (χ0) is 15.4. The number of hydrogen-bond acceptors (Lipinski definition) is 4. The van der Waals surface area contributed by atoms with Gasteiger partial charge in [-0.15, -0.1) is 10.2 Å². The summed E-state index contributed by atoms with van der Waals surface area (Å²) >= 11 is 3.55. The van der Waals surface area contributed by atoms with Crippen molar-refractivity contribution in [2.75, 3.05) is 0 Å². The summed E-state index contributed by atoms with van der Waals surface area (Å²) < 4.78 is 8.65. The average Bonchev–Trinajstić information content (AvgIpc) is 2.78. The standard InChI is InChI=1S/C15H21BrN4O/c1-4-12(17)7-11-5-6-14(13(16)8-11)21-9-15-19-18-10(2)20(15)3/h5-6,8,12H,4,7,9,17H2,1-3H3. The van der Waals surface area contributed by atoms with E-state index < -0.39 is 0 Å². The van der Waals surface area contributed by atoms with Crippen LogP contribution in [0.2, 0.25) is 0 Å². The summed E-state index contributed by atoms with van der Waals surface area (Å²) in [6.07, 6.45) is 1.85. The summed E-state index contributed by atoms with van der Waals surface area (Å²) in [6.45, 7) is 4.40. The van der Waals surface area contributed by atoms with Gasteiger partial charge >= 0.3 is 0 Å². The lowest BCUT2D eigenvalue weighted by Gasteiger charge is -2.12. The van der Waals surface area contributed by atoms with E-state index in [1.807, 2.05) is 24.6 Å². The van der Waals surface area contributed by atoms with E-state index in [0.717, 1.165) is 34.7 Å². The second-order valence-corrected chi connectivity index (χ2v) is 6.00. The van der Waals surface area contributed by atoms with Crippen molar-refractivity contribution in [3.63, 3.8) is 0 Å². The third-order valence-electron chi connectivity index (χ3n) is 3.56. The normalized spacial score (nSPS) is 12.4. The fraction of sp³-hybridized carbons (Fsp3) is 0.467. The quantitative estimate of drug-likeness (QED) is 0.867. The number of benzene rings is 1. The minimum absolute atomic E-state index is 0.199. The highest BCUT2D eigenvalue weighted by Crippen LogP contribution is 2.27. The molecule has 0 radical (unpaired) electrons. The summed E-state index contributed by atoms with van der Waals surface area (Å²) in [6, 6.07) is 6.28. The van der Waals surface area contributed by atoms with Gasteiger partial charge in [0.1, 0.15) is 18.2 Å². The van der Waals surface area contributed by atoms with Crippen molar-refractivity contribution in [2.45, 2.75) is 39.3 Å². The monoisotopic (exact) mass is 352 g/mol. The number of rotatable bonds is 6. The summed E-state index contributed by atoms with van der Waals surface area (Å²) in [5.41, 5.74) is 7.19. The third kappa shape index (κ3) is 4.04. The number of nitrogens with two attached hydrogens (primary N) is 1. The molecule has 21 heavy (non-hydrogen) atoms. The highest BCUT2D eigenvalue weighted by Gasteiger charge is 2.09. The van der Waals surface area contributed by atoms with Gasteiger partial charge in [-0.1, -0.05) is 13.0 Å². The molecule has 1 atom stereocenters. The van der Waals surface area contributed by atoms with E-state index in [0.29, 0.717) is 6.61 Å². The van der Waals surface area contributed by atoms with Crippen molar-refractivity contribution in [1.29, 1.82) is 0 Å². The van der Waals surface area contributed by atoms with Crippen LogP contribution in [0.25, 0.3) is 0 Å². The zero-order valence-electron chi connectivity index (χ0n) is 12.6. The van der Waals surface area contributed by atoms with E-state index in [-0.39, 0.29) is 6.04 Å². The molecule has 1 aromatic heterocycles. The number of aromatic nitrogens is 3. The Morgan fingerprint density at radius 2 is 2.14 bits per heavy atom. The molecule has 0 saturated carbocycles. The Bertz CT molecular complexity index is 612. The SMILES string of the molecule is CCC(N)Cc1ccc(OCc2nnc(C)n2C)c(Br)c1. The maximum atomic E-state index is 5.98. The number of nitrogens with zero attached hydrogens (tertiary/aromatic N) is 3. The lowest BCUT2D eigenvalue weighted by atomic mass is 10.0. The smallest absolute Gasteiger partial charge is 0.170 e. The largest absolute Gasteiger partial charge is 0.484 e. The van der Waals surface area contributed by atoms with E-state index in [1.54, 1.807) is 0 Å². The van der Waals surface area contributed by atoms with Crippen LogP contribution in [0, 0.1) is 6.92 Å². The maximum Gasteiger partial charge on any atom is 0.170 e. The topological polar surface area (TPSA) is 66.0 Å². The molecule has 0 spiro atoms. The predicted octanol–water partition coefficient (Wildman–Crippen LogP) is 2.74. The molecule has 1 heterocycles. The van der Waals surface area contributed by atoms with Crippen molar-refractivity contribution in [3.8, 4) is 5.75 Å². The highest BCUT2D eigenvalue weighted by molar-refractivity contribution is 9.10. The van der Waals surface area contributed by atoms with Gasteiger partial charge in [0.05, 0.1) is 4.47 Å². The Hall–Kier alpha value is -1.40. The molecule has 2 N–H and O–H groups in total. The van der Waals surface area contributed by atoms with Gasteiger partial charge in [0.15, 0.2) is 5.82 Å². The molecule has 0 saturated heterocycles. The lowest BCUT2D eigenvalue weighted by molar-refractivity contribution is 0.289. The molecule has 0 aliphatic rings. The minimum Gasteiger partial charge on any atom is -0.484 e. The first-order chi connectivity index (χ1) is 10.0. The molecule has 2 rings (SSSR count). The molecular formula is C15H21BrN4O. The van der Waals surface area contributed by atoms with Crippen LogP contribution in [-0.2, 0) is 20.1 Å². The molecule has 6 heteroatoms.